The van der Waals surface area contributed by atoms with Gasteiger partial charge in [0.25, 0.3) is 0 Å². The summed E-state index contributed by atoms with van der Waals surface area (Å²) < 4.78 is 23.7. The number of hydrogen-bond donors (Lipinski definition) is 1. The predicted octanol–water partition coefficient (Wildman–Crippen LogP) is 1.03. The second-order valence-electron chi connectivity index (χ2n) is 6.55. The van der Waals surface area contributed by atoms with Crippen LogP contribution in [0.1, 0.15) is 38.5 Å². The average molecular weight is 286 g/mol. The molecule has 2 heterocycles. The number of piperidine rings is 1. The summed E-state index contributed by atoms with van der Waals surface area (Å²) in [5.74, 6) is 1.54. The normalized spacial score (nSPS) is 35.4. The van der Waals surface area contributed by atoms with Gasteiger partial charge in [0.15, 0.2) is 9.84 Å². The Labute approximate surface area is 116 Å². The summed E-state index contributed by atoms with van der Waals surface area (Å²) in [7, 11) is -2.78. The second-order valence-corrected chi connectivity index (χ2v) is 8.78. The third-order valence-corrected chi connectivity index (χ3v) is 6.60. The molecule has 1 N–H and O–H groups in total. The zero-order chi connectivity index (χ0) is 13.3. The third-order valence-electron chi connectivity index (χ3n) is 4.79. The molecule has 4 nitrogen and oxygen atoms in total. The van der Waals surface area contributed by atoms with Gasteiger partial charge in [0.05, 0.1) is 11.5 Å². The minimum Gasteiger partial charge on any atom is -0.316 e. The van der Waals surface area contributed by atoms with Gasteiger partial charge in [-0.2, -0.15) is 0 Å². The van der Waals surface area contributed by atoms with Crippen LogP contribution in [0.15, 0.2) is 0 Å². The van der Waals surface area contributed by atoms with Crippen molar-refractivity contribution >= 4 is 9.84 Å². The van der Waals surface area contributed by atoms with Crippen LogP contribution in [0.5, 0.6) is 0 Å². The van der Waals surface area contributed by atoms with Crippen molar-refractivity contribution in [2.75, 3.05) is 31.1 Å². The molecule has 3 rings (SSSR count). The van der Waals surface area contributed by atoms with Gasteiger partial charge >= 0.3 is 0 Å². The van der Waals surface area contributed by atoms with E-state index >= 15 is 0 Å². The minimum absolute atomic E-state index is 0.299. The van der Waals surface area contributed by atoms with E-state index in [2.05, 4.69) is 10.2 Å². The maximum atomic E-state index is 11.9. The standard InChI is InChI=1S/C14H26N2O2S/c17-19(18)8-2-4-14(11-19)16(13-5-6-13)10-12-3-1-7-15-9-12/h12-15H,1-11H2. The highest BCUT2D eigenvalue weighted by Gasteiger charge is 2.38. The molecule has 0 aromatic heterocycles. The first-order valence-corrected chi connectivity index (χ1v) is 9.63. The molecule has 19 heavy (non-hydrogen) atoms. The Kier molecular flexibility index (Phi) is 4.15. The highest BCUT2D eigenvalue weighted by Crippen LogP contribution is 2.33. The quantitative estimate of drug-likeness (QED) is 0.838. The zero-order valence-corrected chi connectivity index (χ0v) is 12.5. The Morgan fingerprint density at radius 3 is 2.53 bits per heavy atom. The highest BCUT2D eigenvalue weighted by atomic mass is 32.2. The zero-order valence-electron chi connectivity index (χ0n) is 11.7. The van der Waals surface area contributed by atoms with Gasteiger partial charge in [-0.15, -0.1) is 0 Å². The van der Waals surface area contributed by atoms with Crippen molar-refractivity contribution in [1.82, 2.24) is 10.2 Å². The average Bonchev–Trinajstić information content (AvgIpc) is 3.20. The van der Waals surface area contributed by atoms with Crippen LogP contribution in [0.25, 0.3) is 0 Å². The predicted molar refractivity (Wildman–Crippen MR) is 77.0 cm³/mol. The smallest absolute Gasteiger partial charge is 0.151 e. The van der Waals surface area contributed by atoms with E-state index in [0.29, 0.717) is 23.6 Å². The van der Waals surface area contributed by atoms with Gasteiger partial charge in [-0.1, -0.05) is 0 Å². The Hall–Kier alpha value is -0.130. The fraction of sp³-hybridized carbons (Fsp3) is 1.00. The molecule has 2 saturated heterocycles. The largest absolute Gasteiger partial charge is 0.316 e. The maximum Gasteiger partial charge on any atom is 0.151 e. The van der Waals surface area contributed by atoms with Crippen LogP contribution in [0, 0.1) is 5.92 Å². The molecule has 1 saturated carbocycles. The van der Waals surface area contributed by atoms with E-state index in [-0.39, 0.29) is 0 Å². The first kappa shape index (κ1) is 13.8. The number of sulfone groups is 1. The monoisotopic (exact) mass is 286 g/mol. The Balaban J connectivity index is 1.63. The third kappa shape index (κ3) is 3.70. The molecule has 0 amide bonds. The molecule has 110 valence electrons. The van der Waals surface area contributed by atoms with Gasteiger partial charge in [0.2, 0.25) is 0 Å². The molecular formula is C14H26N2O2S. The van der Waals surface area contributed by atoms with Gasteiger partial charge < -0.3 is 5.32 Å². The van der Waals surface area contributed by atoms with E-state index in [1.807, 2.05) is 0 Å². The molecular weight excluding hydrogens is 260 g/mol. The Morgan fingerprint density at radius 2 is 1.89 bits per heavy atom. The lowest BCUT2D eigenvalue weighted by atomic mass is 9.97. The van der Waals surface area contributed by atoms with Crippen LogP contribution in [0.3, 0.4) is 0 Å². The van der Waals surface area contributed by atoms with Gasteiger partial charge in [0.1, 0.15) is 0 Å². The molecule has 0 aromatic carbocycles. The van der Waals surface area contributed by atoms with E-state index in [1.54, 1.807) is 0 Å². The number of hydrogen-bond acceptors (Lipinski definition) is 4. The molecule has 3 fully saturated rings. The van der Waals surface area contributed by atoms with Crippen molar-refractivity contribution < 1.29 is 8.42 Å². The van der Waals surface area contributed by atoms with Crippen molar-refractivity contribution in [2.45, 2.75) is 50.6 Å². The fourth-order valence-electron chi connectivity index (χ4n) is 3.64. The Bertz CT molecular complexity index is 400. The van der Waals surface area contributed by atoms with Gasteiger partial charge in [-0.05, 0) is 57.5 Å². The summed E-state index contributed by atoms with van der Waals surface area (Å²) in [6.07, 6.45) is 7.06. The summed E-state index contributed by atoms with van der Waals surface area (Å²) in [5.41, 5.74) is 0. The maximum absolute atomic E-state index is 11.9. The molecule has 2 aliphatic heterocycles. The van der Waals surface area contributed by atoms with Crippen molar-refractivity contribution in [3.05, 3.63) is 0 Å². The van der Waals surface area contributed by atoms with Crippen molar-refractivity contribution in [2.24, 2.45) is 5.92 Å². The van der Waals surface area contributed by atoms with Gasteiger partial charge in [-0.3, -0.25) is 4.90 Å². The molecule has 0 bridgehead atoms. The van der Waals surface area contributed by atoms with Crippen molar-refractivity contribution in [1.29, 1.82) is 0 Å². The molecule has 2 unspecified atom stereocenters. The van der Waals surface area contributed by atoms with Crippen LogP contribution in [-0.2, 0) is 9.84 Å². The van der Waals surface area contributed by atoms with Crippen molar-refractivity contribution in [3.8, 4) is 0 Å². The van der Waals surface area contributed by atoms with E-state index in [1.165, 1.54) is 25.7 Å². The molecule has 0 aromatic rings. The minimum atomic E-state index is -2.78. The lowest BCUT2D eigenvalue weighted by Crippen LogP contribution is -2.48. The molecule has 0 spiro atoms. The lowest BCUT2D eigenvalue weighted by molar-refractivity contribution is 0.146. The molecule has 5 heteroatoms. The number of nitrogens with one attached hydrogen (secondary N) is 1. The summed E-state index contributed by atoms with van der Waals surface area (Å²) in [6, 6.07) is 0.980. The number of rotatable bonds is 4. The Morgan fingerprint density at radius 1 is 1.05 bits per heavy atom. The van der Waals surface area contributed by atoms with E-state index < -0.39 is 9.84 Å². The van der Waals surface area contributed by atoms with Crippen LogP contribution >= 0.6 is 0 Å². The summed E-state index contributed by atoms with van der Waals surface area (Å²) in [6.45, 7) is 3.37. The van der Waals surface area contributed by atoms with E-state index in [0.717, 1.165) is 38.4 Å². The highest BCUT2D eigenvalue weighted by molar-refractivity contribution is 7.91. The van der Waals surface area contributed by atoms with Crippen LogP contribution in [0.4, 0.5) is 0 Å². The summed E-state index contributed by atoms with van der Waals surface area (Å²) in [5, 5.41) is 3.47. The molecule has 0 radical (unpaired) electrons. The molecule has 3 aliphatic rings. The van der Waals surface area contributed by atoms with Gasteiger partial charge in [-0.25, -0.2) is 8.42 Å². The van der Waals surface area contributed by atoms with Gasteiger partial charge in [0, 0.05) is 18.6 Å². The summed E-state index contributed by atoms with van der Waals surface area (Å²) in [4.78, 5) is 2.55. The first-order valence-electron chi connectivity index (χ1n) is 7.81. The van der Waals surface area contributed by atoms with Crippen LogP contribution in [-0.4, -0.2) is 56.5 Å². The summed E-state index contributed by atoms with van der Waals surface area (Å²) >= 11 is 0. The van der Waals surface area contributed by atoms with Crippen molar-refractivity contribution in [3.63, 3.8) is 0 Å². The second kappa shape index (κ2) is 5.70. The first-order chi connectivity index (χ1) is 9.14. The van der Waals surface area contributed by atoms with E-state index in [4.69, 9.17) is 0 Å². The molecule has 1 aliphatic carbocycles. The fourth-order valence-corrected chi connectivity index (χ4v) is 5.36. The topological polar surface area (TPSA) is 49.4 Å². The van der Waals surface area contributed by atoms with E-state index in [9.17, 15) is 8.42 Å². The van der Waals surface area contributed by atoms with Crippen LogP contribution < -0.4 is 5.32 Å². The lowest BCUT2D eigenvalue weighted by Gasteiger charge is -2.37. The molecule has 2 atom stereocenters. The SMILES string of the molecule is O=S1(=O)CCCC(N(CC2CCCNC2)C2CC2)C1. The van der Waals surface area contributed by atoms with Crippen LogP contribution in [0.2, 0.25) is 0 Å². The number of nitrogens with zero attached hydrogens (tertiary/aromatic N) is 1.